The molecule has 0 radical (unpaired) electrons. The molecule has 3 fully saturated rings. The second-order valence-corrected chi connectivity index (χ2v) is 15.5. The van der Waals surface area contributed by atoms with Gasteiger partial charge in [-0.15, -0.1) is 0 Å². The van der Waals surface area contributed by atoms with E-state index >= 15 is 0 Å². The van der Waals surface area contributed by atoms with E-state index in [1.807, 2.05) is 30.3 Å². The lowest BCUT2D eigenvalue weighted by atomic mass is 9.95. The van der Waals surface area contributed by atoms with E-state index in [1.165, 1.54) is 11.6 Å². The van der Waals surface area contributed by atoms with Crippen molar-refractivity contribution in [2.24, 2.45) is 13.0 Å². The molecule has 17 heteroatoms. The van der Waals surface area contributed by atoms with Crippen LogP contribution in [0.5, 0.6) is 5.75 Å². The molecule has 8 rings (SSSR count). The average molecular weight is 797 g/mol. The molecule has 1 unspecified atom stereocenters. The van der Waals surface area contributed by atoms with Crippen molar-refractivity contribution in [3.63, 3.8) is 0 Å². The van der Waals surface area contributed by atoms with Crippen molar-refractivity contribution >= 4 is 69.3 Å². The van der Waals surface area contributed by atoms with E-state index in [9.17, 15) is 24.0 Å². The van der Waals surface area contributed by atoms with Gasteiger partial charge in [0, 0.05) is 95.2 Å². The van der Waals surface area contributed by atoms with Gasteiger partial charge in [0.2, 0.25) is 17.8 Å². The summed E-state index contributed by atoms with van der Waals surface area (Å²) < 4.78 is 6.99. The average Bonchev–Trinajstić information content (AvgIpc) is 3.54. The summed E-state index contributed by atoms with van der Waals surface area (Å²) in [6, 6.07) is 12.6. The highest BCUT2D eigenvalue weighted by Crippen LogP contribution is 2.33. The van der Waals surface area contributed by atoms with Crippen LogP contribution in [0.1, 0.15) is 41.6 Å². The van der Waals surface area contributed by atoms with Crippen LogP contribution < -0.4 is 36.0 Å². The zero-order chi connectivity index (χ0) is 39.8. The van der Waals surface area contributed by atoms with Gasteiger partial charge in [0.25, 0.3) is 17.4 Å². The van der Waals surface area contributed by atoms with Gasteiger partial charge in [-0.25, -0.2) is 4.98 Å². The summed E-state index contributed by atoms with van der Waals surface area (Å²) in [6.45, 7) is 6.37. The molecule has 0 aliphatic carbocycles. The lowest BCUT2D eigenvalue weighted by Crippen LogP contribution is -2.52. The maximum Gasteiger partial charge on any atom is 0.293 e. The quantitative estimate of drug-likeness (QED) is 0.201. The number of aryl methyl sites for hydroxylation is 1. The van der Waals surface area contributed by atoms with Crippen LogP contribution in [0.25, 0.3) is 10.9 Å². The first-order valence-electron chi connectivity index (χ1n) is 19.3. The van der Waals surface area contributed by atoms with E-state index in [0.29, 0.717) is 52.4 Å². The number of aromatic nitrogens is 3. The summed E-state index contributed by atoms with van der Waals surface area (Å²) in [5.41, 5.74) is 3.74. The highest BCUT2D eigenvalue weighted by Gasteiger charge is 2.39. The molecule has 4 aromatic rings. The van der Waals surface area contributed by atoms with Crippen LogP contribution in [0.2, 0.25) is 5.02 Å². The maximum atomic E-state index is 13.1. The van der Waals surface area contributed by atoms with Crippen LogP contribution >= 0.6 is 11.6 Å². The Morgan fingerprint density at radius 1 is 0.965 bits per heavy atom. The Morgan fingerprint density at radius 3 is 2.51 bits per heavy atom. The number of nitrogens with zero attached hydrogens (tertiary/aromatic N) is 7. The van der Waals surface area contributed by atoms with E-state index < -0.39 is 11.9 Å². The topological polar surface area (TPSA) is 174 Å². The van der Waals surface area contributed by atoms with Crippen LogP contribution in [-0.2, 0) is 28.0 Å². The lowest BCUT2D eigenvalue weighted by Gasteiger charge is -2.39. The molecule has 2 aromatic carbocycles. The molecule has 3 saturated heterocycles. The number of piperazine rings is 1. The molecular formula is C40H45ClN10O6. The second-order valence-electron chi connectivity index (χ2n) is 15.1. The number of benzene rings is 2. The first-order valence-corrected chi connectivity index (χ1v) is 19.7. The molecule has 16 nitrogen and oxygen atoms in total. The Labute approximate surface area is 334 Å². The zero-order valence-electron chi connectivity index (χ0n) is 31.9. The number of pyridine rings is 1. The number of nitrogens with one attached hydrogen (secondary N) is 3. The standard InChI is InChI=1S/C40H45ClN10O6/c1-42-35(53)23-57-33-19-25-17-27(3-6-31(25)47(2)39(33)56)44-36-30(41)20-43-40(46-36)50-15-13-48(14-16-50)21-24-9-11-49(12-10-24)28-4-5-29-26(18-28)22-51(38(29)55)32-7-8-34(52)45-37(32)54/h3-6,17-20,24,32H,7-16,21-23H2,1-2H3,(H,42,53)(H,43,44,46)(H,45,52,54). The number of piperidine rings is 2. The van der Waals surface area contributed by atoms with Crippen molar-refractivity contribution < 1.29 is 23.9 Å². The van der Waals surface area contributed by atoms with Gasteiger partial charge < -0.3 is 34.6 Å². The van der Waals surface area contributed by atoms with Gasteiger partial charge in [0.1, 0.15) is 11.1 Å². The number of fused-ring (bicyclic) bond motifs is 2. The predicted molar refractivity (Wildman–Crippen MR) is 215 cm³/mol. The number of halogens is 1. The molecule has 0 saturated carbocycles. The van der Waals surface area contributed by atoms with Gasteiger partial charge in [-0.2, -0.15) is 4.98 Å². The van der Waals surface area contributed by atoms with Crippen LogP contribution in [0.3, 0.4) is 0 Å². The second kappa shape index (κ2) is 16.0. The number of hydrogen-bond donors (Lipinski definition) is 3. The number of carbonyl (C=O) groups excluding carboxylic acids is 4. The normalized spacial score (nSPS) is 19.2. The first kappa shape index (κ1) is 38.1. The van der Waals surface area contributed by atoms with Crippen LogP contribution in [0.15, 0.2) is 53.5 Å². The van der Waals surface area contributed by atoms with Gasteiger partial charge in [0.05, 0.1) is 11.7 Å². The van der Waals surface area contributed by atoms with E-state index in [2.05, 4.69) is 41.7 Å². The van der Waals surface area contributed by atoms with Crippen LogP contribution in [0.4, 0.5) is 23.1 Å². The molecule has 0 bridgehead atoms. The van der Waals surface area contributed by atoms with Crippen molar-refractivity contribution in [3.05, 3.63) is 75.2 Å². The number of carbonyl (C=O) groups is 4. The predicted octanol–water partition coefficient (Wildman–Crippen LogP) is 2.65. The molecule has 4 aliphatic heterocycles. The largest absolute Gasteiger partial charge is 0.478 e. The summed E-state index contributed by atoms with van der Waals surface area (Å²) in [4.78, 5) is 79.7. The Hall–Kier alpha value is -5.74. The Balaban J connectivity index is 0.834. The zero-order valence-corrected chi connectivity index (χ0v) is 32.7. The fourth-order valence-corrected chi connectivity index (χ4v) is 8.35. The van der Waals surface area contributed by atoms with Gasteiger partial charge >= 0.3 is 0 Å². The maximum absolute atomic E-state index is 13.1. The Kier molecular flexibility index (Phi) is 10.7. The number of likely N-dealkylation sites (N-methyl/N-ethyl adjacent to an activating group) is 1. The van der Waals surface area contributed by atoms with E-state index in [-0.39, 0.29) is 42.1 Å². The lowest BCUT2D eigenvalue weighted by molar-refractivity contribution is -0.137. The summed E-state index contributed by atoms with van der Waals surface area (Å²) in [5, 5.41) is 9.27. The third-order valence-electron chi connectivity index (χ3n) is 11.5. The number of imide groups is 1. The molecular weight excluding hydrogens is 752 g/mol. The SMILES string of the molecule is CNC(=O)COc1cc2cc(Nc3nc(N4CCN(CC5CCN(c6ccc7c(c6)CN(C6CCC(=O)NC6=O)C7=O)CC5)CC4)ncc3Cl)ccc2n(C)c1=O. The molecule has 0 spiro atoms. The molecule has 57 heavy (non-hydrogen) atoms. The van der Waals surface area contributed by atoms with Crippen molar-refractivity contribution in [3.8, 4) is 5.75 Å². The number of hydrogen-bond acceptors (Lipinski definition) is 12. The van der Waals surface area contributed by atoms with Gasteiger partial charge in [-0.3, -0.25) is 34.2 Å². The third-order valence-corrected chi connectivity index (χ3v) is 11.8. The summed E-state index contributed by atoms with van der Waals surface area (Å²) in [6.07, 6.45) is 4.35. The highest BCUT2D eigenvalue weighted by molar-refractivity contribution is 6.33. The van der Waals surface area contributed by atoms with E-state index in [4.69, 9.17) is 21.3 Å². The van der Waals surface area contributed by atoms with Gasteiger partial charge in [-0.1, -0.05) is 11.6 Å². The summed E-state index contributed by atoms with van der Waals surface area (Å²) in [5.74, 6) is 0.562. The van der Waals surface area contributed by atoms with Crippen molar-refractivity contribution in [1.82, 2.24) is 35.0 Å². The molecule has 4 aliphatic rings. The fourth-order valence-electron chi connectivity index (χ4n) is 8.21. The van der Waals surface area contributed by atoms with E-state index in [0.717, 1.165) is 75.3 Å². The molecule has 298 valence electrons. The molecule has 4 amide bonds. The third kappa shape index (κ3) is 7.96. The number of rotatable bonds is 10. The molecule has 3 N–H and O–H groups in total. The van der Waals surface area contributed by atoms with Crippen LogP contribution in [-0.4, -0.2) is 113 Å². The number of ether oxygens (including phenoxy) is 1. The molecule has 2 aromatic heterocycles. The summed E-state index contributed by atoms with van der Waals surface area (Å²) >= 11 is 6.56. The summed E-state index contributed by atoms with van der Waals surface area (Å²) in [7, 11) is 3.16. The minimum Gasteiger partial charge on any atom is -0.478 e. The van der Waals surface area contributed by atoms with Crippen molar-refractivity contribution in [2.75, 3.05) is 74.6 Å². The fraction of sp³-hybridized carbons (Fsp3) is 0.425. The minimum atomic E-state index is -0.612. The highest BCUT2D eigenvalue weighted by atomic mass is 35.5. The van der Waals surface area contributed by atoms with Crippen molar-refractivity contribution in [1.29, 1.82) is 0 Å². The Morgan fingerprint density at radius 2 is 1.75 bits per heavy atom. The monoisotopic (exact) mass is 796 g/mol. The Bertz CT molecular complexity index is 2300. The molecule has 1 atom stereocenters. The number of anilines is 4. The van der Waals surface area contributed by atoms with Crippen molar-refractivity contribution in [2.45, 2.75) is 38.3 Å². The molecule has 6 heterocycles. The minimum absolute atomic E-state index is 0.0788. The van der Waals surface area contributed by atoms with E-state index in [1.54, 1.807) is 24.2 Å². The van der Waals surface area contributed by atoms with Crippen LogP contribution in [0, 0.1) is 5.92 Å². The van der Waals surface area contributed by atoms with Gasteiger partial charge in [-0.05, 0) is 73.2 Å². The first-order chi connectivity index (χ1) is 27.5. The number of amides is 4. The smallest absolute Gasteiger partial charge is 0.293 e. The van der Waals surface area contributed by atoms with Gasteiger partial charge in [0.15, 0.2) is 18.2 Å².